The predicted octanol–water partition coefficient (Wildman–Crippen LogP) is 2.01. The second-order valence-electron chi connectivity index (χ2n) is 2.60. The lowest BCUT2D eigenvalue weighted by Gasteiger charge is -2.29. The van der Waals surface area contributed by atoms with Crippen LogP contribution in [0.1, 0.15) is 12.8 Å². The SMILES string of the molecule is F[B-](F)(F)[C@H]1CCCOC1. The van der Waals surface area contributed by atoms with E-state index in [1.165, 1.54) is 0 Å². The van der Waals surface area contributed by atoms with Gasteiger partial charge in [0.1, 0.15) is 0 Å². The van der Waals surface area contributed by atoms with Crippen molar-refractivity contribution in [2.45, 2.75) is 18.7 Å². The van der Waals surface area contributed by atoms with Crippen molar-refractivity contribution in [3.05, 3.63) is 0 Å². The summed E-state index contributed by atoms with van der Waals surface area (Å²) in [6.45, 7) is -4.28. The third-order valence-electron chi connectivity index (χ3n) is 1.73. The normalized spacial score (nSPS) is 28.5. The highest BCUT2D eigenvalue weighted by Crippen LogP contribution is 2.32. The molecule has 1 aliphatic rings. The van der Waals surface area contributed by atoms with Gasteiger partial charge in [0.05, 0.1) is 0 Å². The molecule has 0 spiro atoms. The molecule has 0 bridgehead atoms. The molecule has 0 aromatic carbocycles. The van der Waals surface area contributed by atoms with Gasteiger partial charge >= 0.3 is 6.98 Å². The fourth-order valence-electron chi connectivity index (χ4n) is 1.06. The van der Waals surface area contributed by atoms with Crippen LogP contribution in [0.3, 0.4) is 0 Å². The summed E-state index contributed by atoms with van der Waals surface area (Å²) in [5.41, 5.74) is 0. The second-order valence-corrected chi connectivity index (χ2v) is 2.60. The maximum absolute atomic E-state index is 11.9. The fourth-order valence-corrected chi connectivity index (χ4v) is 1.06. The van der Waals surface area contributed by atoms with E-state index in [1.54, 1.807) is 0 Å². The molecule has 1 saturated heterocycles. The van der Waals surface area contributed by atoms with Gasteiger partial charge in [-0.25, -0.2) is 0 Å². The van der Waals surface area contributed by atoms with Crippen molar-refractivity contribution in [1.82, 2.24) is 0 Å². The van der Waals surface area contributed by atoms with Crippen LogP contribution in [0.15, 0.2) is 0 Å². The van der Waals surface area contributed by atoms with Gasteiger partial charge < -0.3 is 17.7 Å². The molecule has 1 nitrogen and oxygen atoms in total. The maximum Gasteiger partial charge on any atom is 0.483 e. The van der Waals surface area contributed by atoms with Crippen molar-refractivity contribution in [2.75, 3.05) is 13.2 Å². The van der Waals surface area contributed by atoms with Crippen LogP contribution in [0.5, 0.6) is 0 Å². The van der Waals surface area contributed by atoms with E-state index in [9.17, 15) is 12.9 Å². The maximum atomic E-state index is 11.9. The minimum atomic E-state index is -4.65. The van der Waals surface area contributed by atoms with E-state index in [0.29, 0.717) is 13.0 Å². The third kappa shape index (κ3) is 1.90. The zero-order valence-corrected chi connectivity index (χ0v) is 5.53. The van der Waals surface area contributed by atoms with E-state index < -0.39 is 12.8 Å². The molecule has 0 radical (unpaired) electrons. The zero-order chi connectivity index (χ0) is 7.61. The van der Waals surface area contributed by atoms with Gasteiger partial charge in [0.15, 0.2) is 0 Å². The molecule has 60 valence electrons. The Morgan fingerprint density at radius 3 is 2.30 bits per heavy atom. The first-order valence-electron chi connectivity index (χ1n) is 3.38. The Bertz CT molecular complexity index is 108. The van der Waals surface area contributed by atoms with E-state index in [0.717, 1.165) is 0 Å². The first kappa shape index (κ1) is 7.92. The standard InChI is InChI=1S/C5H9BF3O/c7-6(8,9)5-2-1-3-10-4-5/h5H,1-4H2/q-1/t5-/m0/s1. The molecule has 5 heteroatoms. The molecule has 1 aliphatic heterocycles. The summed E-state index contributed by atoms with van der Waals surface area (Å²) in [4.78, 5) is 0. The van der Waals surface area contributed by atoms with Crippen LogP contribution in [-0.4, -0.2) is 20.2 Å². The molecule has 1 fully saturated rings. The van der Waals surface area contributed by atoms with Gasteiger partial charge in [0.2, 0.25) is 0 Å². The molecule has 0 unspecified atom stereocenters. The largest absolute Gasteiger partial charge is 0.483 e. The highest BCUT2D eigenvalue weighted by molar-refractivity contribution is 6.60. The first-order chi connectivity index (χ1) is 4.61. The van der Waals surface area contributed by atoms with E-state index in [2.05, 4.69) is 0 Å². The lowest BCUT2D eigenvalue weighted by molar-refractivity contribution is 0.0862. The summed E-state index contributed by atoms with van der Waals surface area (Å²) < 4.78 is 40.5. The molecule has 10 heavy (non-hydrogen) atoms. The average Bonchev–Trinajstić information content (AvgIpc) is 1.88. The molecule has 0 aromatic heterocycles. The van der Waals surface area contributed by atoms with Crippen LogP contribution in [0.4, 0.5) is 12.9 Å². The van der Waals surface area contributed by atoms with Crippen molar-refractivity contribution < 1.29 is 17.7 Å². The van der Waals surface area contributed by atoms with Crippen LogP contribution in [0.25, 0.3) is 0 Å². The van der Waals surface area contributed by atoms with E-state index in [4.69, 9.17) is 4.74 Å². The molecular weight excluding hydrogens is 144 g/mol. The molecule has 0 saturated carbocycles. The number of hydrogen-bond donors (Lipinski definition) is 0. The van der Waals surface area contributed by atoms with Crippen molar-refractivity contribution in [3.8, 4) is 0 Å². The van der Waals surface area contributed by atoms with Gasteiger partial charge in [0.25, 0.3) is 0 Å². The summed E-state index contributed by atoms with van der Waals surface area (Å²) in [6, 6.07) is 0. The van der Waals surface area contributed by atoms with E-state index >= 15 is 0 Å². The highest BCUT2D eigenvalue weighted by Gasteiger charge is 2.35. The van der Waals surface area contributed by atoms with E-state index in [-0.39, 0.29) is 13.0 Å². The fraction of sp³-hybridized carbons (Fsp3) is 1.00. The van der Waals surface area contributed by atoms with Gasteiger partial charge in [-0.15, -0.1) is 0 Å². The summed E-state index contributed by atoms with van der Waals surface area (Å²) in [5.74, 6) is -1.16. The zero-order valence-electron chi connectivity index (χ0n) is 5.53. The quantitative estimate of drug-likeness (QED) is 0.523. The number of hydrogen-bond acceptors (Lipinski definition) is 1. The molecule has 0 aromatic rings. The molecule has 0 N–H and O–H groups in total. The lowest BCUT2D eigenvalue weighted by atomic mass is 9.70. The minimum Gasteiger partial charge on any atom is -0.449 e. The number of ether oxygens (including phenoxy) is 1. The minimum absolute atomic E-state index is 0.122. The number of rotatable bonds is 1. The predicted molar refractivity (Wildman–Crippen MR) is 32.9 cm³/mol. The Morgan fingerprint density at radius 2 is 2.00 bits per heavy atom. The third-order valence-corrected chi connectivity index (χ3v) is 1.73. The molecule has 1 heterocycles. The Balaban J connectivity index is 2.39. The second kappa shape index (κ2) is 2.82. The Kier molecular flexibility index (Phi) is 2.23. The van der Waals surface area contributed by atoms with Gasteiger partial charge in [-0.2, -0.15) is 0 Å². The monoisotopic (exact) mass is 153 g/mol. The van der Waals surface area contributed by atoms with Crippen molar-refractivity contribution in [1.29, 1.82) is 0 Å². The smallest absolute Gasteiger partial charge is 0.449 e. The van der Waals surface area contributed by atoms with Crippen LogP contribution in [0.2, 0.25) is 5.82 Å². The van der Waals surface area contributed by atoms with Crippen LogP contribution in [0, 0.1) is 0 Å². The molecular formula is C5H9BF3O-. The highest BCUT2D eigenvalue weighted by atomic mass is 19.4. The van der Waals surface area contributed by atoms with Gasteiger partial charge in [-0.1, -0.05) is 6.42 Å². The molecule has 1 rings (SSSR count). The molecule has 1 atom stereocenters. The summed E-state index contributed by atoms with van der Waals surface area (Å²) in [6.07, 6.45) is 0.801. The van der Waals surface area contributed by atoms with Crippen LogP contribution >= 0.6 is 0 Å². The van der Waals surface area contributed by atoms with Gasteiger partial charge in [-0.3, -0.25) is 0 Å². The van der Waals surface area contributed by atoms with Crippen molar-refractivity contribution in [3.63, 3.8) is 0 Å². The Labute approximate surface area is 57.6 Å². The summed E-state index contributed by atoms with van der Waals surface area (Å²) >= 11 is 0. The summed E-state index contributed by atoms with van der Waals surface area (Å²) in [7, 11) is 0. The van der Waals surface area contributed by atoms with Gasteiger partial charge in [-0.05, 0) is 12.2 Å². The average molecular weight is 153 g/mol. The van der Waals surface area contributed by atoms with Crippen molar-refractivity contribution >= 4 is 6.98 Å². The van der Waals surface area contributed by atoms with Crippen LogP contribution < -0.4 is 0 Å². The molecule has 0 aliphatic carbocycles. The van der Waals surface area contributed by atoms with Gasteiger partial charge in [0, 0.05) is 13.2 Å². The lowest BCUT2D eigenvalue weighted by Crippen LogP contribution is -2.30. The Hall–Kier alpha value is -0.185. The Morgan fingerprint density at radius 1 is 1.30 bits per heavy atom. The topological polar surface area (TPSA) is 9.23 Å². The van der Waals surface area contributed by atoms with Crippen LogP contribution in [-0.2, 0) is 4.74 Å². The van der Waals surface area contributed by atoms with E-state index in [1.807, 2.05) is 0 Å². The number of halogens is 3. The molecule has 0 amide bonds. The summed E-state index contributed by atoms with van der Waals surface area (Å²) in [5, 5.41) is 0. The first-order valence-corrected chi connectivity index (χ1v) is 3.38. The van der Waals surface area contributed by atoms with Crippen molar-refractivity contribution in [2.24, 2.45) is 0 Å².